The van der Waals surface area contributed by atoms with Crippen LogP contribution in [0.2, 0.25) is 0 Å². The summed E-state index contributed by atoms with van der Waals surface area (Å²) in [6.45, 7) is 2.45. The van der Waals surface area contributed by atoms with Gasteiger partial charge in [-0.15, -0.1) is 0 Å². The molecule has 0 spiro atoms. The normalized spacial score (nSPS) is 24.5. The predicted molar refractivity (Wildman–Crippen MR) is 47.4 cm³/mol. The highest BCUT2D eigenvalue weighted by atomic mass is 14.9. The Balaban J connectivity index is 1.84. The molecule has 1 aliphatic heterocycles. The molecule has 11 heavy (non-hydrogen) atoms. The minimum Gasteiger partial charge on any atom is -0.316 e. The van der Waals surface area contributed by atoms with E-state index < -0.39 is 0 Å². The fourth-order valence-corrected chi connectivity index (χ4v) is 1.65. The third-order valence-corrected chi connectivity index (χ3v) is 2.46. The minimum atomic E-state index is 0.920. The summed E-state index contributed by atoms with van der Waals surface area (Å²) in [4.78, 5) is 0. The van der Waals surface area contributed by atoms with Gasteiger partial charge in [0.15, 0.2) is 0 Å². The second-order valence-electron chi connectivity index (χ2n) is 3.49. The van der Waals surface area contributed by atoms with Crippen LogP contribution in [-0.4, -0.2) is 13.1 Å². The Labute approximate surface area is 68.2 Å². The number of hydrogen-bond donors (Lipinski definition) is 1. The first-order chi connectivity index (χ1) is 5.45. The first-order valence-corrected chi connectivity index (χ1v) is 4.51. The molecule has 0 aromatic rings. The van der Waals surface area contributed by atoms with Crippen molar-refractivity contribution >= 4 is 0 Å². The van der Waals surface area contributed by atoms with E-state index in [0.29, 0.717) is 0 Å². The molecule has 0 unspecified atom stereocenters. The van der Waals surface area contributed by atoms with Crippen LogP contribution in [0.4, 0.5) is 0 Å². The summed E-state index contributed by atoms with van der Waals surface area (Å²) in [7, 11) is 0. The van der Waals surface area contributed by atoms with Crippen molar-refractivity contribution in [2.45, 2.75) is 19.3 Å². The summed E-state index contributed by atoms with van der Waals surface area (Å²) in [5.41, 5.74) is 1.56. The lowest BCUT2D eigenvalue weighted by atomic mass is 9.92. The van der Waals surface area contributed by atoms with E-state index in [-0.39, 0.29) is 0 Å². The Bertz CT molecular complexity index is 187. The summed E-state index contributed by atoms with van der Waals surface area (Å²) < 4.78 is 0. The van der Waals surface area contributed by atoms with E-state index in [1.54, 1.807) is 5.57 Å². The third kappa shape index (κ3) is 1.72. The van der Waals surface area contributed by atoms with Crippen LogP contribution in [0.15, 0.2) is 23.8 Å². The SMILES string of the molecule is C1=CC(CC2CNC2)=CCC1. The lowest BCUT2D eigenvalue weighted by molar-refractivity contribution is 0.347. The molecule has 1 fully saturated rings. The van der Waals surface area contributed by atoms with Crippen LogP contribution in [0, 0.1) is 5.92 Å². The van der Waals surface area contributed by atoms with Gasteiger partial charge in [0, 0.05) is 0 Å². The van der Waals surface area contributed by atoms with Crippen LogP contribution in [0.5, 0.6) is 0 Å². The maximum atomic E-state index is 3.30. The van der Waals surface area contributed by atoms with Crippen LogP contribution in [0.25, 0.3) is 0 Å². The van der Waals surface area contributed by atoms with E-state index in [1.807, 2.05) is 0 Å². The van der Waals surface area contributed by atoms with Crippen LogP contribution in [0.3, 0.4) is 0 Å². The quantitative estimate of drug-likeness (QED) is 0.632. The monoisotopic (exact) mass is 149 g/mol. The lowest BCUT2D eigenvalue weighted by Gasteiger charge is -2.27. The Morgan fingerprint density at radius 1 is 1.36 bits per heavy atom. The standard InChI is InChI=1S/C10H15N/c1-2-4-9(5-3-1)6-10-7-11-8-10/h2,4-5,10-11H,1,3,6-8H2. The molecule has 0 radical (unpaired) electrons. The lowest BCUT2D eigenvalue weighted by Crippen LogP contribution is -2.41. The average molecular weight is 149 g/mol. The van der Waals surface area contributed by atoms with E-state index in [1.165, 1.54) is 32.4 Å². The molecule has 0 aromatic carbocycles. The Hall–Kier alpha value is -0.560. The van der Waals surface area contributed by atoms with Gasteiger partial charge in [-0.05, 0) is 38.3 Å². The first-order valence-electron chi connectivity index (χ1n) is 4.51. The Morgan fingerprint density at radius 2 is 2.27 bits per heavy atom. The molecule has 1 aliphatic carbocycles. The van der Waals surface area contributed by atoms with Crippen molar-refractivity contribution < 1.29 is 0 Å². The summed E-state index contributed by atoms with van der Waals surface area (Å²) in [5, 5.41) is 3.30. The van der Waals surface area contributed by atoms with Crippen molar-refractivity contribution in [3.63, 3.8) is 0 Å². The van der Waals surface area contributed by atoms with Gasteiger partial charge >= 0.3 is 0 Å². The van der Waals surface area contributed by atoms with Gasteiger partial charge in [0.25, 0.3) is 0 Å². The zero-order valence-corrected chi connectivity index (χ0v) is 6.84. The van der Waals surface area contributed by atoms with Crippen molar-refractivity contribution in [2.75, 3.05) is 13.1 Å². The zero-order valence-electron chi connectivity index (χ0n) is 6.84. The molecule has 0 atom stereocenters. The first kappa shape index (κ1) is 7.11. The second-order valence-corrected chi connectivity index (χ2v) is 3.49. The van der Waals surface area contributed by atoms with Gasteiger partial charge in [0.2, 0.25) is 0 Å². The van der Waals surface area contributed by atoms with Gasteiger partial charge in [-0.1, -0.05) is 23.8 Å². The number of allylic oxidation sites excluding steroid dienone is 4. The van der Waals surface area contributed by atoms with E-state index in [4.69, 9.17) is 0 Å². The molecule has 1 heteroatoms. The number of hydrogen-bond acceptors (Lipinski definition) is 1. The average Bonchev–Trinajstić information content (AvgIpc) is 1.99. The summed E-state index contributed by atoms with van der Waals surface area (Å²) >= 11 is 0. The van der Waals surface area contributed by atoms with Gasteiger partial charge in [-0.25, -0.2) is 0 Å². The molecule has 1 nitrogen and oxygen atoms in total. The van der Waals surface area contributed by atoms with Crippen molar-refractivity contribution in [1.29, 1.82) is 0 Å². The molecule has 1 heterocycles. The number of nitrogens with one attached hydrogen (secondary N) is 1. The van der Waals surface area contributed by atoms with Gasteiger partial charge < -0.3 is 5.32 Å². The molecule has 0 aromatic heterocycles. The maximum Gasteiger partial charge on any atom is -0.000506 e. The van der Waals surface area contributed by atoms with Crippen LogP contribution in [-0.2, 0) is 0 Å². The topological polar surface area (TPSA) is 12.0 Å². The van der Waals surface area contributed by atoms with E-state index in [0.717, 1.165) is 5.92 Å². The highest BCUT2D eigenvalue weighted by Gasteiger charge is 2.17. The summed E-state index contributed by atoms with van der Waals surface area (Å²) in [6, 6.07) is 0. The maximum absolute atomic E-state index is 3.30. The molecule has 2 aliphatic rings. The highest BCUT2D eigenvalue weighted by molar-refractivity contribution is 5.22. The zero-order chi connectivity index (χ0) is 7.52. The molecule has 2 rings (SSSR count). The Morgan fingerprint density at radius 3 is 2.82 bits per heavy atom. The van der Waals surface area contributed by atoms with Gasteiger partial charge in [0.05, 0.1) is 0 Å². The second kappa shape index (κ2) is 3.22. The van der Waals surface area contributed by atoms with Crippen LogP contribution in [0.1, 0.15) is 19.3 Å². The smallest absolute Gasteiger partial charge is 0.000506 e. The van der Waals surface area contributed by atoms with Crippen LogP contribution < -0.4 is 5.32 Å². The van der Waals surface area contributed by atoms with Crippen molar-refractivity contribution in [3.8, 4) is 0 Å². The van der Waals surface area contributed by atoms with Crippen molar-refractivity contribution in [1.82, 2.24) is 5.32 Å². The third-order valence-electron chi connectivity index (χ3n) is 2.46. The largest absolute Gasteiger partial charge is 0.316 e. The Kier molecular flexibility index (Phi) is 2.08. The van der Waals surface area contributed by atoms with E-state index >= 15 is 0 Å². The van der Waals surface area contributed by atoms with Gasteiger partial charge in [-0.3, -0.25) is 0 Å². The fourth-order valence-electron chi connectivity index (χ4n) is 1.65. The molecule has 1 N–H and O–H groups in total. The molecule has 60 valence electrons. The van der Waals surface area contributed by atoms with Crippen LogP contribution >= 0.6 is 0 Å². The van der Waals surface area contributed by atoms with E-state index in [9.17, 15) is 0 Å². The van der Waals surface area contributed by atoms with E-state index in [2.05, 4.69) is 23.5 Å². The van der Waals surface area contributed by atoms with Crippen molar-refractivity contribution in [3.05, 3.63) is 23.8 Å². The molecular weight excluding hydrogens is 134 g/mol. The molecule has 0 bridgehead atoms. The van der Waals surface area contributed by atoms with Gasteiger partial charge in [0.1, 0.15) is 0 Å². The summed E-state index contributed by atoms with van der Waals surface area (Å²) in [6.07, 6.45) is 10.8. The minimum absolute atomic E-state index is 0.920. The predicted octanol–water partition coefficient (Wildman–Crippen LogP) is 1.87. The highest BCUT2D eigenvalue weighted by Crippen LogP contribution is 2.20. The van der Waals surface area contributed by atoms with Gasteiger partial charge in [-0.2, -0.15) is 0 Å². The van der Waals surface area contributed by atoms with Crippen molar-refractivity contribution in [2.24, 2.45) is 5.92 Å². The number of rotatable bonds is 2. The molecular formula is C10H15N. The molecule has 1 saturated heterocycles. The fraction of sp³-hybridized carbons (Fsp3) is 0.600. The molecule has 0 saturated carbocycles. The summed E-state index contributed by atoms with van der Waals surface area (Å²) in [5.74, 6) is 0.920. The molecule has 0 amide bonds.